The topological polar surface area (TPSA) is 3.24 Å². The first-order chi connectivity index (χ1) is 4.74. The molecule has 1 aliphatic heterocycles. The molecule has 0 aromatic carbocycles. The predicted molar refractivity (Wildman–Crippen MR) is 44.8 cm³/mol. The number of likely N-dealkylation sites (tertiary alicyclic amines) is 1. The molecule has 58 valence electrons. The number of nitrogens with zero attached hydrogens (tertiary/aromatic N) is 1. The molecule has 1 heteroatoms. The van der Waals surface area contributed by atoms with Crippen LogP contribution in [0.3, 0.4) is 0 Å². The maximum absolute atomic E-state index is 3.99. The zero-order chi connectivity index (χ0) is 7.56. The second kappa shape index (κ2) is 3.09. The highest BCUT2D eigenvalue weighted by atomic mass is 15.1. The van der Waals surface area contributed by atoms with Crippen LogP contribution in [0.2, 0.25) is 0 Å². The fourth-order valence-corrected chi connectivity index (χ4v) is 1.50. The molecule has 0 saturated carbocycles. The van der Waals surface area contributed by atoms with Crippen LogP contribution in [0.4, 0.5) is 0 Å². The van der Waals surface area contributed by atoms with E-state index < -0.39 is 0 Å². The summed E-state index contributed by atoms with van der Waals surface area (Å²) >= 11 is 0. The highest BCUT2D eigenvalue weighted by molar-refractivity contribution is 4.96. The van der Waals surface area contributed by atoms with Crippen LogP contribution >= 0.6 is 0 Å². The summed E-state index contributed by atoms with van der Waals surface area (Å²) in [7, 11) is 2.14. The molecule has 1 heterocycles. The van der Waals surface area contributed by atoms with Crippen LogP contribution in [0, 0.1) is 5.92 Å². The van der Waals surface area contributed by atoms with Gasteiger partial charge in [-0.05, 0) is 18.8 Å². The maximum atomic E-state index is 3.99. The van der Waals surface area contributed by atoms with E-state index in [0.717, 1.165) is 5.92 Å². The van der Waals surface area contributed by atoms with Crippen molar-refractivity contribution in [2.24, 2.45) is 5.92 Å². The van der Waals surface area contributed by atoms with Crippen molar-refractivity contribution in [3.8, 4) is 0 Å². The van der Waals surface area contributed by atoms with E-state index in [0.29, 0.717) is 0 Å². The summed E-state index contributed by atoms with van der Waals surface area (Å²) in [5.41, 5.74) is 1.31. The molecule has 1 atom stereocenters. The summed E-state index contributed by atoms with van der Waals surface area (Å²) in [5.74, 6) is 0.912. The van der Waals surface area contributed by atoms with Crippen LogP contribution in [-0.4, -0.2) is 18.5 Å². The quantitative estimate of drug-likeness (QED) is 0.538. The monoisotopic (exact) mass is 139 g/mol. The van der Waals surface area contributed by atoms with Crippen LogP contribution in [0.1, 0.15) is 26.2 Å². The summed E-state index contributed by atoms with van der Waals surface area (Å²) in [5, 5.41) is 0. The molecule has 1 saturated heterocycles. The Balaban J connectivity index is 2.40. The Morgan fingerprint density at radius 2 is 2.40 bits per heavy atom. The molecule has 0 bridgehead atoms. The van der Waals surface area contributed by atoms with E-state index >= 15 is 0 Å². The van der Waals surface area contributed by atoms with Crippen molar-refractivity contribution in [3.63, 3.8) is 0 Å². The minimum Gasteiger partial charge on any atom is -0.378 e. The highest BCUT2D eigenvalue weighted by Gasteiger charge is 2.16. The Labute approximate surface area is 63.7 Å². The average molecular weight is 139 g/mol. The van der Waals surface area contributed by atoms with Crippen molar-refractivity contribution in [1.82, 2.24) is 4.90 Å². The van der Waals surface area contributed by atoms with E-state index in [1.807, 2.05) is 0 Å². The minimum atomic E-state index is 0.912. The normalized spacial score (nSPS) is 27.2. The largest absolute Gasteiger partial charge is 0.378 e. The lowest BCUT2D eigenvalue weighted by Gasteiger charge is -2.32. The van der Waals surface area contributed by atoms with Crippen molar-refractivity contribution in [2.45, 2.75) is 26.2 Å². The SMILES string of the molecule is C=C1CC[C@@H](CC)CN1C. The third-order valence-corrected chi connectivity index (χ3v) is 2.49. The van der Waals surface area contributed by atoms with Crippen molar-refractivity contribution in [1.29, 1.82) is 0 Å². The highest BCUT2D eigenvalue weighted by Crippen LogP contribution is 2.23. The second-order valence-corrected chi connectivity index (χ2v) is 3.26. The summed E-state index contributed by atoms with van der Waals surface area (Å²) in [6.45, 7) is 7.48. The van der Waals surface area contributed by atoms with Crippen molar-refractivity contribution in [3.05, 3.63) is 12.3 Å². The first kappa shape index (κ1) is 7.64. The molecule has 0 spiro atoms. The van der Waals surface area contributed by atoms with Crippen LogP contribution in [0.25, 0.3) is 0 Å². The van der Waals surface area contributed by atoms with Crippen molar-refractivity contribution >= 4 is 0 Å². The van der Waals surface area contributed by atoms with Gasteiger partial charge in [-0.2, -0.15) is 0 Å². The number of allylic oxidation sites excluding steroid dienone is 1. The number of rotatable bonds is 1. The smallest absolute Gasteiger partial charge is 0.0199 e. The van der Waals surface area contributed by atoms with E-state index in [1.165, 1.54) is 31.5 Å². The van der Waals surface area contributed by atoms with E-state index in [1.54, 1.807) is 0 Å². The number of piperidine rings is 1. The maximum Gasteiger partial charge on any atom is 0.0199 e. The molecule has 0 unspecified atom stereocenters. The summed E-state index contributed by atoms with van der Waals surface area (Å²) < 4.78 is 0. The van der Waals surface area contributed by atoms with Gasteiger partial charge in [0.05, 0.1) is 0 Å². The predicted octanol–water partition coefficient (Wildman–Crippen LogP) is 2.25. The van der Waals surface area contributed by atoms with Gasteiger partial charge in [-0.15, -0.1) is 0 Å². The van der Waals surface area contributed by atoms with Gasteiger partial charge in [0, 0.05) is 19.3 Å². The second-order valence-electron chi connectivity index (χ2n) is 3.26. The van der Waals surface area contributed by atoms with E-state index in [4.69, 9.17) is 0 Å². The Kier molecular flexibility index (Phi) is 2.36. The zero-order valence-corrected chi connectivity index (χ0v) is 7.06. The molecule has 0 aromatic heterocycles. The first-order valence-electron chi connectivity index (χ1n) is 4.13. The third-order valence-electron chi connectivity index (χ3n) is 2.49. The number of hydrogen-bond donors (Lipinski definition) is 0. The number of hydrogen-bond acceptors (Lipinski definition) is 1. The van der Waals surface area contributed by atoms with Gasteiger partial charge < -0.3 is 4.90 Å². The molecule has 1 aliphatic rings. The van der Waals surface area contributed by atoms with E-state index in [2.05, 4.69) is 25.5 Å². The van der Waals surface area contributed by atoms with Crippen molar-refractivity contribution in [2.75, 3.05) is 13.6 Å². The molecule has 1 fully saturated rings. The summed E-state index contributed by atoms with van der Waals surface area (Å²) in [4.78, 5) is 2.29. The van der Waals surface area contributed by atoms with Gasteiger partial charge in [-0.1, -0.05) is 19.9 Å². The Morgan fingerprint density at radius 3 is 2.90 bits per heavy atom. The Bertz CT molecular complexity index is 129. The standard InChI is InChI=1S/C9H17N/c1-4-9-6-5-8(2)10(3)7-9/h9H,2,4-7H2,1,3H3/t9-/m1/s1. The first-order valence-corrected chi connectivity index (χ1v) is 4.13. The van der Waals surface area contributed by atoms with Crippen LogP contribution in [-0.2, 0) is 0 Å². The van der Waals surface area contributed by atoms with Gasteiger partial charge in [0.2, 0.25) is 0 Å². The lowest BCUT2D eigenvalue weighted by atomic mass is 9.94. The van der Waals surface area contributed by atoms with Crippen LogP contribution in [0.5, 0.6) is 0 Å². The van der Waals surface area contributed by atoms with Gasteiger partial charge in [0.15, 0.2) is 0 Å². The lowest BCUT2D eigenvalue weighted by molar-refractivity contribution is 0.259. The fraction of sp³-hybridized carbons (Fsp3) is 0.778. The fourth-order valence-electron chi connectivity index (χ4n) is 1.50. The zero-order valence-electron chi connectivity index (χ0n) is 7.06. The minimum absolute atomic E-state index is 0.912. The molecule has 0 amide bonds. The molecule has 1 nitrogen and oxygen atoms in total. The Hall–Kier alpha value is -0.460. The molecule has 0 N–H and O–H groups in total. The molecule has 0 aliphatic carbocycles. The lowest BCUT2D eigenvalue weighted by Crippen LogP contribution is -2.29. The molecular formula is C9H17N. The molecular weight excluding hydrogens is 122 g/mol. The van der Waals surface area contributed by atoms with Gasteiger partial charge in [0.1, 0.15) is 0 Å². The van der Waals surface area contributed by atoms with Crippen LogP contribution < -0.4 is 0 Å². The third kappa shape index (κ3) is 1.53. The molecule has 0 radical (unpaired) electrons. The van der Waals surface area contributed by atoms with Gasteiger partial charge in [-0.25, -0.2) is 0 Å². The molecule has 10 heavy (non-hydrogen) atoms. The van der Waals surface area contributed by atoms with E-state index in [9.17, 15) is 0 Å². The Morgan fingerprint density at radius 1 is 1.70 bits per heavy atom. The van der Waals surface area contributed by atoms with Crippen molar-refractivity contribution < 1.29 is 0 Å². The van der Waals surface area contributed by atoms with Crippen LogP contribution in [0.15, 0.2) is 12.3 Å². The average Bonchev–Trinajstić information content (AvgIpc) is 1.95. The summed E-state index contributed by atoms with van der Waals surface area (Å²) in [6.07, 6.45) is 3.87. The summed E-state index contributed by atoms with van der Waals surface area (Å²) in [6, 6.07) is 0. The molecule has 1 rings (SSSR count). The van der Waals surface area contributed by atoms with E-state index in [-0.39, 0.29) is 0 Å². The van der Waals surface area contributed by atoms with Gasteiger partial charge >= 0.3 is 0 Å². The van der Waals surface area contributed by atoms with Gasteiger partial charge in [0.25, 0.3) is 0 Å². The molecule has 0 aromatic rings. The van der Waals surface area contributed by atoms with Gasteiger partial charge in [-0.3, -0.25) is 0 Å².